The Kier molecular flexibility index (Phi) is 3.07. The summed E-state index contributed by atoms with van der Waals surface area (Å²) in [7, 11) is 0. The number of nitrogens with zero attached hydrogens (tertiary/aromatic N) is 1. The largest absolute Gasteiger partial charge is 0.862 e. The summed E-state index contributed by atoms with van der Waals surface area (Å²) in [5, 5.41) is 21.3. The summed E-state index contributed by atoms with van der Waals surface area (Å²) in [4.78, 5) is 2.17. The maximum Gasteiger partial charge on any atom is 0.0412 e. The van der Waals surface area contributed by atoms with Crippen LogP contribution in [0.3, 0.4) is 0 Å². The summed E-state index contributed by atoms with van der Waals surface area (Å²) in [5.74, 6) is -0.587. The van der Waals surface area contributed by atoms with Crippen molar-refractivity contribution in [1.82, 2.24) is 0 Å². The third-order valence-corrected chi connectivity index (χ3v) is 3.95. The zero-order valence-electron chi connectivity index (χ0n) is 10.4. The van der Waals surface area contributed by atoms with Gasteiger partial charge in [0.05, 0.1) is 0 Å². The molecule has 0 aliphatic carbocycles. The first-order valence-corrected chi connectivity index (χ1v) is 6.71. The van der Waals surface area contributed by atoms with Crippen LogP contribution in [0.15, 0.2) is 36.4 Å². The number of nitrogens with one attached hydrogen (secondary N) is 1. The number of fused-ring (bicyclic) bond motifs is 1. The van der Waals surface area contributed by atoms with Gasteiger partial charge in [0.2, 0.25) is 0 Å². The van der Waals surface area contributed by atoms with E-state index in [4.69, 9.17) is 17.0 Å². The number of hydrogen-bond acceptors (Lipinski definition) is 3. The number of rotatable bonds is 2. The Labute approximate surface area is 116 Å². The molecule has 2 aromatic carbocycles. The van der Waals surface area contributed by atoms with Gasteiger partial charge in [-0.25, -0.2) is 0 Å². The van der Waals surface area contributed by atoms with E-state index in [0.717, 1.165) is 34.4 Å². The van der Waals surface area contributed by atoms with E-state index in [1.807, 2.05) is 24.3 Å². The van der Waals surface area contributed by atoms with E-state index in [1.54, 1.807) is 0 Å². The van der Waals surface area contributed by atoms with Gasteiger partial charge in [-0.3, -0.25) is 0 Å². The Morgan fingerprint density at radius 1 is 1.21 bits per heavy atom. The van der Waals surface area contributed by atoms with Crippen LogP contribution in [0.4, 0.5) is 5.69 Å². The van der Waals surface area contributed by atoms with Crippen LogP contribution >= 0.6 is 11.6 Å². The fourth-order valence-corrected chi connectivity index (χ4v) is 2.79. The second kappa shape index (κ2) is 4.74. The molecule has 0 spiro atoms. The maximum atomic E-state index is 11.1. The van der Waals surface area contributed by atoms with Crippen LogP contribution in [0.1, 0.15) is 6.42 Å². The highest BCUT2D eigenvalue weighted by molar-refractivity contribution is 6.31. The zero-order chi connectivity index (χ0) is 13.4. The van der Waals surface area contributed by atoms with Crippen molar-refractivity contribution >= 4 is 34.0 Å². The first-order chi connectivity index (χ1) is 9.13. The average Bonchev–Trinajstić information content (AvgIpc) is 2.88. The topological polar surface area (TPSA) is 50.1 Å². The summed E-state index contributed by atoms with van der Waals surface area (Å²) >= 11 is 5.97. The van der Waals surface area contributed by atoms with Crippen LogP contribution in [0.5, 0.6) is 0 Å². The van der Waals surface area contributed by atoms with E-state index in [2.05, 4.69) is 17.0 Å². The Bertz CT molecular complexity index is 641. The van der Waals surface area contributed by atoms with Gasteiger partial charge in [0, 0.05) is 29.7 Å². The molecule has 0 radical (unpaired) electrons. The maximum absolute atomic E-state index is 11.1. The minimum atomic E-state index is -0.449. The molecule has 0 saturated carbocycles. The molecule has 0 bridgehead atoms. The first kappa shape index (κ1) is 12.3. The highest BCUT2D eigenvalue weighted by atomic mass is 35.5. The Morgan fingerprint density at radius 2 is 1.95 bits per heavy atom. The van der Waals surface area contributed by atoms with E-state index in [9.17, 15) is 5.11 Å². The van der Waals surface area contributed by atoms with Crippen LogP contribution < -0.4 is 10.0 Å². The van der Waals surface area contributed by atoms with E-state index in [1.165, 1.54) is 0 Å². The summed E-state index contributed by atoms with van der Waals surface area (Å²) in [6, 6.07) is 12.0. The quantitative estimate of drug-likeness (QED) is 0.675. The van der Waals surface area contributed by atoms with Crippen molar-refractivity contribution in [2.45, 2.75) is 6.42 Å². The molecule has 3 nitrogen and oxygen atoms in total. The predicted octanol–water partition coefficient (Wildman–Crippen LogP) is 2.66. The Hall–Kier alpha value is -1.74. The number of benzene rings is 2. The molecule has 0 unspecified atom stereocenters. The molecule has 1 atom stereocenters. The lowest BCUT2D eigenvalue weighted by Crippen LogP contribution is -2.29. The lowest BCUT2D eigenvalue weighted by Gasteiger charge is -2.20. The molecule has 98 valence electrons. The van der Waals surface area contributed by atoms with Gasteiger partial charge in [-0.2, -0.15) is 0 Å². The highest BCUT2D eigenvalue weighted by Gasteiger charge is 2.22. The van der Waals surface area contributed by atoms with Crippen molar-refractivity contribution in [3.63, 3.8) is 0 Å². The smallest absolute Gasteiger partial charge is 0.0412 e. The van der Waals surface area contributed by atoms with Crippen LogP contribution in [0.25, 0.3) is 10.8 Å². The molecule has 1 saturated heterocycles. The molecular formula is C15H14ClN2O-. The second-order valence-corrected chi connectivity index (χ2v) is 5.41. The van der Waals surface area contributed by atoms with E-state index >= 15 is 0 Å². The SMILES string of the molecule is N=C([O-])[C@@H]1CCN(c2ccc3cc(Cl)ccc3c2)C1. The van der Waals surface area contributed by atoms with Crippen LogP contribution in [0.2, 0.25) is 5.02 Å². The molecule has 19 heavy (non-hydrogen) atoms. The molecule has 0 aromatic heterocycles. The van der Waals surface area contributed by atoms with Gasteiger partial charge < -0.3 is 15.4 Å². The summed E-state index contributed by atoms with van der Waals surface area (Å²) in [5.41, 5.74) is 1.11. The number of anilines is 1. The van der Waals surface area contributed by atoms with Crippen molar-refractivity contribution in [2.24, 2.45) is 5.92 Å². The molecule has 4 heteroatoms. The van der Waals surface area contributed by atoms with Gasteiger partial charge in [-0.15, -0.1) is 0 Å². The van der Waals surface area contributed by atoms with Crippen molar-refractivity contribution < 1.29 is 5.11 Å². The number of hydrogen-bond donors (Lipinski definition) is 1. The summed E-state index contributed by atoms with van der Waals surface area (Å²) < 4.78 is 0. The van der Waals surface area contributed by atoms with E-state index in [-0.39, 0.29) is 5.92 Å². The van der Waals surface area contributed by atoms with Gasteiger partial charge in [-0.1, -0.05) is 23.7 Å². The minimum Gasteiger partial charge on any atom is -0.862 e. The highest BCUT2D eigenvalue weighted by Crippen LogP contribution is 2.28. The molecule has 1 aliphatic rings. The average molecular weight is 274 g/mol. The third-order valence-electron chi connectivity index (χ3n) is 3.71. The summed E-state index contributed by atoms with van der Waals surface area (Å²) in [6.45, 7) is 1.50. The van der Waals surface area contributed by atoms with Crippen molar-refractivity contribution in [1.29, 1.82) is 5.41 Å². The lowest BCUT2D eigenvalue weighted by atomic mass is 10.1. The zero-order valence-corrected chi connectivity index (χ0v) is 11.2. The third kappa shape index (κ3) is 2.38. The first-order valence-electron chi connectivity index (χ1n) is 6.33. The Morgan fingerprint density at radius 3 is 2.68 bits per heavy atom. The molecular weight excluding hydrogens is 260 g/mol. The monoisotopic (exact) mass is 273 g/mol. The molecule has 1 heterocycles. The van der Waals surface area contributed by atoms with Gasteiger partial charge in [0.1, 0.15) is 0 Å². The molecule has 1 fully saturated rings. The van der Waals surface area contributed by atoms with E-state index in [0.29, 0.717) is 6.54 Å². The predicted molar refractivity (Wildman–Crippen MR) is 77.0 cm³/mol. The Balaban J connectivity index is 1.90. The van der Waals surface area contributed by atoms with Crippen molar-refractivity contribution in [2.75, 3.05) is 18.0 Å². The second-order valence-electron chi connectivity index (χ2n) is 4.97. The molecule has 1 aliphatic heterocycles. The van der Waals surface area contributed by atoms with Gasteiger partial charge >= 0.3 is 0 Å². The fraction of sp³-hybridized carbons (Fsp3) is 0.267. The standard InChI is InChI=1S/C15H15ClN2O/c16-13-3-1-11-8-14(4-2-10(11)7-13)18-6-5-12(9-18)15(17)19/h1-4,7-8,12H,5-6,9H2,(H2,17,19)/p-1/t12-/m1/s1. The van der Waals surface area contributed by atoms with Crippen molar-refractivity contribution in [3.05, 3.63) is 41.4 Å². The molecule has 2 aromatic rings. The molecule has 3 rings (SSSR count). The summed E-state index contributed by atoms with van der Waals surface area (Å²) in [6.07, 6.45) is 0.779. The molecule has 1 N–H and O–H groups in total. The van der Waals surface area contributed by atoms with Gasteiger partial charge in [0.15, 0.2) is 0 Å². The fourth-order valence-electron chi connectivity index (χ4n) is 2.61. The number of halogens is 1. The van der Waals surface area contributed by atoms with Crippen LogP contribution in [-0.2, 0) is 0 Å². The van der Waals surface area contributed by atoms with Crippen LogP contribution in [0, 0.1) is 11.3 Å². The van der Waals surface area contributed by atoms with Gasteiger partial charge in [-0.05, 0) is 47.4 Å². The lowest BCUT2D eigenvalue weighted by molar-refractivity contribution is -0.224. The normalized spacial score (nSPS) is 19.0. The van der Waals surface area contributed by atoms with Crippen LogP contribution in [-0.4, -0.2) is 19.0 Å². The van der Waals surface area contributed by atoms with Gasteiger partial charge in [0.25, 0.3) is 0 Å². The van der Waals surface area contributed by atoms with Crippen molar-refractivity contribution in [3.8, 4) is 0 Å². The van der Waals surface area contributed by atoms with E-state index < -0.39 is 5.90 Å². The minimum absolute atomic E-state index is 0.138. The molecule has 0 amide bonds.